The molecule has 3 rings (SSSR count). The molecule has 1 fully saturated rings. The van der Waals surface area contributed by atoms with Crippen molar-refractivity contribution in [3.05, 3.63) is 40.7 Å². The summed E-state index contributed by atoms with van der Waals surface area (Å²) >= 11 is 6.11. The topological polar surface area (TPSA) is 76.1 Å². The van der Waals surface area contributed by atoms with Crippen LogP contribution in [0.4, 0.5) is 11.6 Å². The summed E-state index contributed by atoms with van der Waals surface area (Å²) in [4.78, 5) is 21.1. The SMILES string of the molecule is COc1cc(Cl)c(C)cc1NC(=O)c1cnc(NC2CCCCCC2)nc1. The number of rotatable bonds is 5. The molecule has 2 aromatic rings. The number of ether oxygens (including phenoxy) is 1. The zero-order valence-electron chi connectivity index (χ0n) is 15.7. The Hall–Kier alpha value is -2.34. The van der Waals surface area contributed by atoms with E-state index in [1.807, 2.05) is 6.92 Å². The first-order chi connectivity index (χ1) is 13.1. The Morgan fingerprint density at radius 1 is 1.15 bits per heavy atom. The number of carbonyl (C=O) groups excluding carboxylic acids is 1. The maximum Gasteiger partial charge on any atom is 0.258 e. The molecule has 1 aromatic carbocycles. The number of nitrogens with one attached hydrogen (secondary N) is 2. The first-order valence-corrected chi connectivity index (χ1v) is 9.68. The lowest BCUT2D eigenvalue weighted by Crippen LogP contribution is -2.20. The second kappa shape index (κ2) is 9.04. The number of nitrogens with zero attached hydrogens (tertiary/aromatic N) is 2. The van der Waals surface area contributed by atoms with Crippen molar-refractivity contribution in [1.82, 2.24) is 9.97 Å². The maximum absolute atomic E-state index is 12.5. The number of methoxy groups -OCH3 is 1. The second-order valence-electron chi connectivity index (χ2n) is 6.88. The molecular weight excluding hydrogens is 364 g/mol. The van der Waals surface area contributed by atoms with Crippen molar-refractivity contribution in [3.8, 4) is 5.75 Å². The average Bonchev–Trinajstić information content (AvgIpc) is 2.93. The fourth-order valence-electron chi connectivity index (χ4n) is 3.25. The van der Waals surface area contributed by atoms with Crippen molar-refractivity contribution in [2.45, 2.75) is 51.5 Å². The molecule has 7 heteroatoms. The van der Waals surface area contributed by atoms with Gasteiger partial charge in [-0.3, -0.25) is 4.79 Å². The molecule has 0 spiro atoms. The Balaban J connectivity index is 1.66. The lowest BCUT2D eigenvalue weighted by Gasteiger charge is -2.16. The van der Waals surface area contributed by atoms with Crippen LogP contribution in [-0.4, -0.2) is 29.0 Å². The van der Waals surface area contributed by atoms with E-state index in [-0.39, 0.29) is 5.91 Å². The summed E-state index contributed by atoms with van der Waals surface area (Å²) in [5.41, 5.74) is 1.80. The number of carbonyl (C=O) groups is 1. The van der Waals surface area contributed by atoms with E-state index in [2.05, 4.69) is 20.6 Å². The molecular formula is C20H25ClN4O2. The van der Waals surface area contributed by atoms with E-state index in [1.54, 1.807) is 12.1 Å². The fourth-order valence-corrected chi connectivity index (χ4v) is 3.40. The highest BCUT2D eigenvalue weighted by Gasteiger charge is 2.15. The van der Waals surface area contributed by atoms with Gasteiger partial charge in [-0.05, 0) is 31.4 Å². The maximum atomic E-state index is 12.5. The number of halogens is 1. The molecule has 1 saturated carbocycles. The van der Waals surface area contributed by atoms with Gasteiger partial charge in [0.05, 0.1) is 18.4 Å². The standard InChI is InChI=1S/C20H25ClN4O2/c1-13-9-17(18(27-2)10-16(13)21)25-19(26)14-11-22-20(23-12-14)24-15-7-5-3-4-6-8-15/h9-12,15H,3-8H2,1-2H3,(H,25,26)(H,22,23,24). The van der Waals surface area contributed by atoms with Gasteiger partial charge in [0.15, 0.2) is 0 Å². The molecule has 0 bridgehead atoms. The molecule has 1 amide bonds. The molecule has 1 heterocycles. The molecule has 0 atom stereocenters. The molecule has 0 radical (unpaired) electrons. The number of anilines is 2. The lowest BCUT2D eigenvalue weighted by atomic mass is 10.1. The van der Waals surface area contributed by atoms with Crippen LogP contribution in [0.25, 0.3) is 0 Å². The third-order valence-electron chi connectivity index (χ3n) is 4.83. The van der Waals surface area contributed by atoms with Gasteiger partial charge in [-0.25, -0.2) is 9.97 Å². The Kier molecular flexibility index (Phi) is 6.50. The predicted octanol–water partition coefficient (Wildman–Crippen LogP) is 4.83. The van der Waals surface area contributed by atoms with E-state index in [4.69, 9.17) is 16.3 Å². The zero-order valence-corrected chi connectivity index (χ0v) is 16.5. The fraction of sp³-hybridized carbons (Fsp3) is 0.450. The first kappa shape index (κ1) is 19.4. The summed E-state index contributed by atoms with van der Waals surface area (Å²) in [5.74, 6) is 0.779. The lowest BCUT2D eigenvalue weighted by molar-refractivity contribution is 0.102. The van der Waals surface area contributed by atoms with Gasteiger partial charge in [0.25, 0.3) is 5.91 Å². The van der Waals surface area contributed by atoms with E-state index < -0.39 is 0 Å². The minimum Gasteiger partial charge on any atom is -0.495 e. The average molecular weight is 389 g/mol. The molecule has 0 saturated heterocycles. The van der Waals surface area contributed by atoms with Crippen LogP contribution in [0, 0.1) is 6.92 Å². The molecule has 27 heavy (non-hydrogen) atoms. The van der Waals surface area contributed by atoms with Crippen LogP contribution >= 0.6 is 11.6 Å². The van der Waals surface area contributed by atoms with E-state index in [1.165, 1.54) is 45.2 Å². The Morgan fingerprint density at radius 2 is 1.81 bits per heavy atom. The van der Waals surface area contributed by atoms with Gasteiger partial charge >= 0.3 is 0 Å². The highest BCUT2D eigenvalue weighted by Crippen LogP contribution is 2.31. The quantitative estimate of drug-likeness (QED) is 0.717. The monoisotopic (exact) mass is 388 g/mol. The summed E-state index contributed by atoms with van der Waals surface area (Å²) in [6, 6.07) is 3.87. The predicted molar refractivity (Wildman–Crippen MR) is 108 cm³/mol. The number of aryl methyl sites for hydroxylation is 1. The van der Waals surface area contributed by atoms with Crippen LogP contribution in [0.15, 0.2) is 24.5 Å². The molecule has 0 aliphatic heterocycles. The number of benzene rings is 1. The zero-order chi connectivity index (χ0) is 19.2. The summed E-state index contributed by atoms with van der Waals surface area (Å²) < 4.78 is 5.29. The molecule has 6 nitrogen and oxygen atoms in total. The van der Waals surface area contributed by atoms with Gasteiger partial charge in [0, 0.05) is 29.5 Å². The summed E-state index contributed by atoms with van der Waals surface area (Å²) in [6.07, 6.45) is 10.4. The highest BCUT2D eigenvalue weighted by molar-refractivity contribution is 6.31. The van der Waals surface area contributed by atoms with Gasteiger partial charge in [-0.2, -0.15) is 0 Å². The van der Waals surface area contributed by atoms with Crippen LogP contribution in [-0.2, 0) is 0 Å². The van der Waals surface area contributed by atoms with Crippen LogP contribution < -0.4 is 15.4 Å². The highest BCUT2D eigenvalue weighted by atomic mass is 35.5. The van der Waals surface area contributed by atoms with Crippen molar-refractivity contribution in [3.63, 3.8) is 0 Å². The Bertz CT molecular complexity index is 787. The van der Waals surface area contributed by atoms with E-state index >= 15 is 0 Å². The minimum absolute atomic E-state index is 0.295. The van der Waals surface area contributed by atoms with Crippen LogP contribution in [0.3, 0.4) is 0 Å². The molecule has 2 N–H and O–H groups in total. The smallest absolute Gasteiger partial charge is 0.258 e. The third kappa shape index (κ3) is 5.10. The summed E-state index contributed by atoms with van der Waals surface area (Å²) in [7, 11) is 1.54. The largest absolute Gasteiger partial charge is 0.495 e. The Morgan fingerprint density at radius 3 is 2.44 bits per heavy atom. The molecule has 1 aromatic heterocycles. The van der Waals surface area contributed by atoms with Crippen molar-refractivity contribution in [2.24, 2.45) is 0 Å². The first-order valence-electron chi connectivity index (χ1n) is 9.31. The van der Waals surface area contributed by atoms with Gasteiger partial charge in [-0.1, -0.05) is 37.3 Å². The van der Waals surface area contributed by atoms with Gasteiger partial charge in [0.2, 0.25) is 5.95 Å². The summed E-state index contributed by atoms with van der Waals surface area (Å²) in [6.45, 7) is 1.87. The van der Waals surface area contributed by atoms with Crippen molar-refractivity contribution >= 4 is 29.1 Å². The van der Waals surface area contributed by atoms with Gasteiger partial charge in [-0.15, -0.1) is 0 Å². The van der Waals surface area contributed by atoms with Crippen molar-refractivity contribution in [2.75, 3.05) is 17.7 Å². The number of hydrogen-bond acceptors (Lipinski definition) is 5. The molecule has 144 valence electrons. The third-order valence-corrected chi connectivity index (χ3v) is 5.24. The molecule has 1 aliphatic rings. The number of hydrogen-bond donors (Lipinski definition) is 2. The molecule has 1 aliphatic carbocycles. The molecule has 0 unspecified atom stereocenters. The van der Waals surface area contributed by atoms with E-state index in [0.29, 0.717) is 34.0 Å². The minimum atomic E-state index is -0.295. The second-order valence-corrected chi connectivity index (χ2v) is 7.29. The Labute approximate surface area is 164 Å². The van der Waals surface area contributed by atoms with Crippen molar-refractivity contribution < 1.29 is 9.53 Å². The van der Waals surface area contributed by atoms with Crippen LogP contribution in [0.1, 0.15) is 54.4 Å². The van der Waals surface area contributed by atoms with E-state index in [0.717, 1.165) is 18.4 Å². The van der Waals surface area contributed by atoms with Crippen molar-refractivity contribution in [1.29, 1.82) is 0 Å². The number of aromatic nitrogens is 2. The van der Waals surface area contributed by atoms with Crippen LogP contribution in [0.2, 0.25) is 5.02 Å². The van der Waals surface area contributed by atoms with Crippen LogP contribution in [0.5, 0.6) is 5.75 Å². The summed E-state index contributed by atoms with van der Waals surface area (Å²) in [5, 5.41) is 6.80. The van der Waals surface area contributed by atoms with E-state index in [9.17, 15) is 4.79 Å². The van der Waals surface area contributed by atoms with Gasteiger partial charge in [0.1, 0.15) is 5.75 Å². The normalized spacial score (nSPS) is 15.1. The number of amides is 1. The van der Waals surface area contributed by atoms with Gasteiger partial charge < -0.3 is 15.4 Å².